The predicted molar refractivity (Wildman–Crippen MR) is 71.3 cm³/mol. The molecular weight excluding hydrogens is 234 g/mol. The van der Waals surface area contributed by atoms with Crippen LogP contribution in [0.5, 0.6) is 5.75 Å². The fourth-order valence-electron chi connectivity index (χ4n) is 1.46. The summed E-state index contributed by atoms with van der Waals surface area (Å²) in [6, 6.07) is 5.27. The van der Waals surface area contributed by atoms with E-state index < -0.39 is 4.92 Å². The van der Waals surface area contributed by atoms with Crippen molar-refractivity contribution in [2.24, 2.45) is 0 Å². The van der Waals surface area contributed by atoms with Crippen LogP contribution in [0.15, 0.2) is 18.2 Å². The molecule has 0 bridgehead atoms. The van der Waals surface area contributed by atoms with Gasteiger partial charge in [-0.1, -0.05) is 6.07 Å². The molecule has 0 aromatic heterocycles. The van der Waals surface area contributed by atoms with E-state index in [2.05, 4.69) is 5.32 Å². The molecule has 1 aromatic carbocycles. The first-order valence-electron chi connectivity index (χ1n) is 5.69. The molecule has 1 rings (SSSR count). The molecule has 1 unspecified atom stereocenters. The van der Waals surface area contributed by atoms with Crippen molar-refractivity contribution >= 4 is 11.4 Å². The first-order chi connectivity index (χ1) is 8.47. The van der Waals surface area contributed by atoms with E-state index in [9.17, 15) is 10.1 Å². The van der Waals surface area contributed by atoms with Crippen molar-refractivity contribution in [3.05, 3.63) is 28.3 Å². The Kier molecular flexibility index (Phi) is 4.91. The Hall–Kier alpha value is -1.82. The Morgan fingerprint density at radius 2 is 2.17 bits per heavy atom. The molecule has 0 fully saturated rings. The number of benzene rings is 1. The van der Waals surface area contributed by atoms with Gasteiger partial charge in [0.15, 0.2) is 5.75 Å². The van der Waals surface area contributed by atoms with Crippen LogP contribution in [0.2, 0.25) is 0 Å². The van der Waals surface area contributed by atoms with Crippen molar-refractivity contribution in [2.75, 3.05) is 33.1 Å². The Balaban J connectivity index is 2.91. The number of nitro benzene ring substituents is 1. The SMILES string of the molecule is COc1cccc(NCC(C)N(C)C)c1[N+](=O)[O-]. The third kappa shape index (κ3) is 3.33. The molecule has 18 heavy (non-hydrogen) atoms. The summed E-state index contributed by atoms with van der Waals surface area (Å²) in [6.45, 7) is 2.67. The van der Waals surface area contributed by atoms with Gasteiger partial charge < -0.3 is 15.0 Å². The summed E-state index contributed by atoms with van der Waals surface area (Å²) >= 11 is 0. The molecule has 0 saturated heterocycles. The minimum Gasteiger partial charge on any atom is -0.490 e. The summed E-state index contributed by atoms with van der Waals surface area (Å²) in [5.41, 5.74) is 0.457. The number of nitro groups is 1. The minimum absolute atomic E-state index is 0.0223. The van der Waals surface area contributed by atoms with E-state index in [4.69, 9.17) is 4.74 Å². The molecule has 1 atom stereocenters. The van der Waals surface area contributed by atoms with Crippen LogP contribution < -0.4 is 10.1 Å². The first kappa shape index (κ1) is 14.2. The summed E-state index contributed by atoms with van der Waals surface area (Å²) in [4.78, 5) is 12.7. The van der Waals surface area contributed by atoms with E-state index in [0.29, 0.717) is 12.2 Å². The number of nitrogens with zero attached hydrogens (tertiary/aromatic N) is 2. The number of hydrogen-bond donors (Lipinski definition) is 1. The third-order valence-corrected chi connectivity index (χ3v) is 2.87. The molecular formula is C12H19N3O3. The van der Waals surface area contributed by atoms with Crippen LogP contribution in [0.4, 0.5) is 11.4 Å². The maximum absolute atomic E-state index is 11.1. The molecule has 0 amide bonds. The van der Waals surface area contributed by atoms with Gasteiger partial charge in [-0.15, -0.1) is 0 Å². The van der Waals surface area contributed by atoms with Crippen molar-refractivity contribution in [2.45, 2.75) is 13.0 Å². The zero-order valence-corrected chi connectivity index (χ0v) is 11.1. The fourth-order valence-corrected chi connectivity index (χ4v) is 1.46. The van der Waals surface area contributed by atoms with Crippen molar-refractivity contribution in [1.29, 1.82) is 0 Å². The van der Waals surface area contributed by atoms with E-state index in [1.807, 2.05) is 25.9 Å². The maximum Gasteiger partial charge on any atom is 0.333 e. The highest BCUT2D eigenvalue weighted by molar-refractivity contribution is 5.68. The van der Waals surface area contributed by atoms with Gasteiger partial charge >= 0.3 is 5.69 Å². The van der Waals surface area contributed by atoms with Crippen LogP contribution >= 0.6 is 0 Å². The zero-order chi connectivity index (χ0) is 13.7. The summed E-state index contributed by atoms with van der Waals surface area (Å²) in [5, 5.41) is 14.1. The second kappa shape index (κ2) is 6.20. The summed E-state index contributed by atoms with van der Waals surface area (Å²) in [6.07, 6.45) is 0. The molecule has 1 N–H and O–H groups in total. The van der Waals surface area contributed by atoms with Crippen molar-refractivity contribution in [3.8, 4) is 5.75 Å². The van der Waals surface area contributed by atoms with Gasteiger partial charge in [-0.25, -0.2) is 0 Å². The molecule has 0 spiro atoms. The maximum atomic E-state index is 11.1. The van der Waals surface area contributed by atoms with E-state index in [1.54, 1.807) is 18.2 Å². The molecule has 100 valence electrons. The second-order valence-electron chi connectivity index (χ2n) is 4.31. The van der Waals surface area contributed by atoms with Crippen LogP contribution in [0.1, 0.15) is 6.92 Å². The highest BCUT2D eigenvalue weighted by Gasteiger charge is 2.20. The number of ether oxygens (including phenoxy) is 1. The summed E-state index contributed by atoms with van der Waals surface area (Å²) < 4.78 is 5.01. The smallest absolute Gasteiger partial charge is 0.333 e. The van der Waals surface area contributed by atoms with Crippen molar-refractivity contribution in [3.63, 3.8) is 0 Å². The number of para-hydroxylation sites is 1. The van der Waals surface area contributed by atoms with Crippen LogP contribution in [0, 0.1) is 10.1 Å². The predicted octanol–water partition coefficient (Wildman–Crippen LogP) is 1.97. The minimum atomic E-state index is -0.429. The molecule has 0 aliphatic heterocycles. The Labute approximate surface area is 107 Å². The van der Waals surface area contributed by atoms with Gasteiger partial charge in [-0.2, -0.15) is 0 Å². The highest BCUT2D eigenvalue weighted by atomic mass is 16.6. The molecule has 6 heteroatoms. The normalized spacial score (nSPS) is 12.3. The van der Waals surface area contributed by atoms with Crippen LogP contribution in [-0.4, -0.2) is 43.6 Å². The number of methoxy groups -OCH3 is 1. The molecule has 0 heterocycles. The molecule has 0 radical (unpaired) electrons. The van der Waals surface area contributed by atoms with E-state index in [-0.39, 0.29) is 17.5 Å². The van der Waals surface area contributed by atoms with Gasteiger partial charge in [0.05, 0.1) is 12.0 Å². The monoisotopic (exact) mass is 253 g/mol. The summed E-state index contributed by atoms with van der Waals surface area (Å²) in [5.74, 6) is 0.266. The average Bonchev–Trinajstić information content (AvgIpc) is 2.34. The van der Waals surface area contributed by atoms with Crippen molar-refractivity contribution in [1.82, 2.24) is 4.90 Å². The van der Waals surface area contributed by atoms with Crippen molar-refractivity contribution < 1.29 is 9.66 Å². The lowest BCUT2D eigenvalue weighted by molar-refractivity contribution is -0.384. The molecule has 6 nitrogen and oxygen atoms in total. The Bertz CT molecular complexity index is 421. The number of rotatable bonds is 6. The molecule has 0 aliphatic rings. The largest absolute Gasteiger partial charge is 0.490 e. The van der Waals surface area contributed by atoms with Crippen LogP contribution in [-0.2, 0) is 0 Å². The van der Waals surface area contributed by atoms with Gasteiger partial charge in [0.2, 0.25) is 0 Å². The molecule has 1 aromatic rings. The summed E-state index contributed by atoms with van der Waals surface area (Å²) in [7, 11) is 5.35. The third-order valence-electron chi connectivity index (χ3n) is 2.87. The lowest BCUT2D eigenvalue weighted by atomic mass is 10.2. The lowest BCUT2D eigenvalue weighted by Crippen LogP contribution is -2.31. The average molecular weight is 253 g/mol. The van der Waals surface area contributed by atoms with Gasteiger partial charge in [0.1, 0.15) is 5.69 Å². The van der Waals surface area contributed by atoms with E-state index in [0.717, 1.165) is 0 Å². The number of hydrogen-bond acceptors (Lipinski definition) is 5. The zero-order valence-electron chi connectivity index (χ0n) is 11.1. The van der Waals surface area contributed by atoms with Gasteiger partial charge in [-0.05, 0) is 33.2 Å². The second-order valence-corrected chi connectivity index (χ2v) is 4.31. The number of likely N-dealkylation sites (N-methyl/N-ethyl adjacent to an activating group) is 1. The molecule has 0 aliphatic carbocycles. The van der Waals surface area contributed by atoms with Crippen LogP contribution in [0.25, 0.3) is 0 Å². The number of nitrogens with one attached hydrogen (secondary N) is 1. The quantitative estimate of drug-likeness (QED) is 0.620. The Morgan fingerprint density at radius 1 is 1.50 bits per heavy atom. The van der Waals surface area contributed by atoms with Gasteiger partial charge in [-0.3, -0.25) is 10.1 Å². The first-order valence-corrected chi connectivity index (χ1v) is 5.69. The molecule has 0 saturated carbocycles. The standard InChI is InChI=1S/C12H19N3O3/c1-9(14(2)3)8-13-10-6-5-7-11(18-4)12(10)15(16)17/h5-7,9,13H,8H2,1-4H3. The topological polar surface area (TPSA) is 67.6 Å². The van der Waals surface area contributed by atoms with E-state index >= 15 is 0 Å². The van der Waals surface area contributed by atoms with Gasteiger partial charge in [0.25, 0.3) is 0 Å². The van der Waals surface area contributed by atoms with Crippen LogP contribution in [0.3, 0.4) is 0 Å². The Morgan fingerprint density at radius 3 is 2.67 bits per heavy atom. The highest BCUT2D eigenvalue weighted by Crippen LogP contribution is 2.34. The van der Waals surface area contributed by atoms with E-state index in [1.165, 1.54) is 7.11 Å². The van der Waals surface area contributed by atoms with Gasteiger partial charge in [0, 0.05) is 12.6 Å². The fraction of sp³-hybridized carbons (Fsp3) is 0.500. The number of anilines is 1. The lowest BCUT2D eigenvalue weighted by Gasteiger charge is -2.20.